The van der Waals surface area contributed by atoms with Crippen molar-refractivity contribution < 1.29 is 19.0 Å². The van der Waals surface area contributed by atoms with Crippen LogP contribution in [0.4, 0.5) is 0 Å². The summed E-state index contributed by atoms with van der Waals surface area (Å²) in [5.41, 5.74) is -0.794. The Balaban J connectivity index is 1.80. The summed E-state index contributed by atoms with van der Waals surface area (Å²) in [6.45, 7) is 9.46. The molecule has 4 nitrogen and oxygen atoms in total. The smallest absolute Gasteiger partial charge is 0.261 e. The first kappa shape index (κ1) is 19.8. The molecule has 2 fully saturated rings. The van der Waals surface area contributed by atoms with Crippen LogP contribution in [0.3, 0.4) is 0 Å². The van der Waals surface area contributed by atoms with Gasteiger partial charge in [0.25, 0.3) is 8.32 Å². The molecule has 0 aliphatic carbocycles. The summed E-state index contributed by atoms with van der Waals surface area (Å²) in [5, 5.41) is 13.1. The average molecular weight is 399 g/mol. The lowest BCUT2D eigenvalue weighted by molar-refractivity contribution is -0.157. The first-order valence-electron chi connectivity index (χ1n) is 10.0. The van der Waals surface area contributed by atoms with Gasteiger partial charge in [-0.25, -0.2) is 0 Å². The molecular formula is C23H30O4Si. The molecule has 4 atom stereocenters. The van der Waals surface area contributed by atoms with E-state index in [-0.39, 0.29) is 17.2 Å². The fraction of sp³-hybridized carbons (Fsp3) is 0.478. The van der Waals surface area contributed by atoms with Crippen molar-refractivity contribution in [3.63, 3.8) is 0 Å². The highest BCUT2D eigenvalue weighted by Gasteiger charge is 2.62. The molecule has 28 heavy (non-hydrogen) atoms. The molecule has 1 N–H and O–H groups in total. The Bertz CT molecular complexity index is 765. The standard InChI is InChI=1S/C23H30O4Si/c1-17-23(21(24)20(27-17)15-25-23)16-26-28(22(2,3)4,18-11-7-5-8-12-18)19-13-9-6-10-14-19/h5-14,17,20-21,24H,15-16H2,1-4H3/t17-,20-,21-,23-/m0/s1. The number of benzene rings is 2. The molecule has 2 saturated heterocycles. The summed E-state index contributed by atoms with van der Waals surface area (Å²) >= 11 is 0. The van der Waals surface area contributed by atoms with E-state index in [2.05, 4.69) is 69.3 Å². The van der Waals surface area contributed by atoms with Crippen LogP contribution in [0, 0.1) is 0 Å². The van der Waals surface area contributed by atoms with Crippen molar-refractivity contribution in [2.24, 2.45) is 0 Å². The van der Waals surface area contributed by atoms with E-state index in [0.29, 0.717) is 13.2 Å². The van der Waals surface area contributed by atoms with Crippen molar-refractivity contribution in [3.8, 4) is 0 Å². The molecule has 2 aromatic carbocycles. The molecule has 0 spiro atoms. The summed E-state index contributed by atoms with van der Waals surface area (Å²) in [5.74, 6) is 0. The number of hydrogen-bond acceptors (Lipinski definition) is 4. The van der Waals surface area contributed by atoms with Crippen molar-refractivity contribution in [1.82, 2.24) is 0 Å². The number of aliphatic hydroxyl groups excluding tert-OH is 1. The fourth-order valence-electron chi connectivity index (χ4n) is 4.80. The third-order valence-corrected chi connectivity index (χ3v) is 11.3. The van der Waals surface area contributed by atoms with Gasteiger partial charge in [-0.3, -0.25) is 0 Å². The Morgan fingerprint density at radius 2 is 1.57 bits per heavy atom. The third kappa shape index (κ3) is 2.88. The van der Waals surface area contributed by atoms with Gasteiger partial charge in [0.15, 0.2) is 0 Å². The zero-order valence-electron chi connectivity index (χ0n) is 17.1. The van der Waals surface area contributed by atoms with Crippen LogP contribution in [-0.2, 0) is 13.9 Å². The Kier molecular flexibility index (Phi) is 5.00. The summed E-state index contributed by atoms with van der Waals surface area (Å²) in [6, 6.07) is 21.1. The van der Waals surface area contributed by atoms with Crippen molar-refractivity contribution in [1.29, 1.82) is 0 Å². The second kappa shape index (κ2) is 7.08. The minimum absolute atomic E-state index is 0.113. The molecule has 0 aromatic heterocycles. The van der Waals surface area contributed by atoms with E-state index in [0.717, 1.165) is 0 Å². The molecule has 2 aliphatic rings. The van der Waals surface area contributed by atoms with E-state index in [1.807, 2.05) is 19.1 Å². The quantitative estimate of drug-likeness (QED) is 0.786. The largest absolute Gasteiger partial charge is 0.404 e. The van der Waals surface area contributed by atoms with E-state index in [4.69, 9.17) is 13.9 Å². The van der Waals surface area contributed by atoms with Crippen molar-refractivity contribution in [2.45, 2.75) is 56.6 Å². The highest BCUT2D eigenvalue weighted by Crippen LogP contribution is 2.43. The van der Waals surface area contributed by atoms with Gasteiger partial charge in [0.1, 0.15) is 17.8 Å². The number of fused-ring (bicyclic) bond motifs is 2. The van der Waals surface area contributed by atoms with Crippen LogP contribution >= 0.6 is 0 Å². The van der Waals surface area contributed by atoms with Crippen LogP contribution in [0.5, 0.6) is 0 Å². The van der Waals surface area contributed by atoms with Crippen LogP contribution in [-0.4, -0.2) is 50.6 Å². The molecule has 5 heteroatoms. The van der Waals surface area contributed by atoms with E-state index in [9.17, 15) is 5.11 Å². The molecule has 2 bridgehead atoms. The van der Waals surface area contributed by atoms with Gasteiger partial charge in [0.2, 0.25) is 0 Å². The topological polar surface area (TPSA) is 47.9 Å². The van der Waals surface area contributed by atoms with E-state index in [1.165, 1.54) is 10.4 Å². The Morgan fingerprint density at radius 1 is 1.04 bits per heavy atom. The van der Waals surface area contributed by atoms with Gasteiger partial charge in [-0.2, -0.15) is 0 Å². The first-order chi connectivity index (χ1) is 13.3. The second-order valence-electron chi connectivity index (χ2n) is 8.98. The monoisotopic (exact) mass is 398 g/mol. The number of rotatable bonds is 5. The zero-order chi connectivity index (χ0) is 20.0. The van der Waals surface area contributed by atoms with E-state index < -0.39 is 20.0 Å². The van der Waals surface area contributed by atoms with Crippen LogP contribution in [0.25, 0.3) is 0 Å². The van der Waals surface area contributed by atoms with Gasteiger partial charge in [0, 0.05) is 0 Å². The molecule has 0 radical (unpaired) electrons. The summed E-state index contributed by atoms with van der Waals surface area (Å²) in [6.07, 6.45) is -1.10. The maximum atomic E-state index is 10.8. The van der Waals surface area contributed by atoms with Gasteiger partial charge in [-0.05, 0) is 22.3 Å². The Labute approximate surface area is 168 Å². The van der Waals surface area contributed by atoms with Crippen LogP contribution in [0.2, 0.25) is 5.04 Å². The van der Waals surface area contributed by atoms with Gasteiger partial charge in [-0.1, -0.05) is 81.4 Å². The summed E-state index contributed by atoms with van der Waals surface area (Å²) in [4.78, 5) is 0. The van der Waals surface area contributed by atoms with E-state index >= 15 is 0 Å². The maximum absolute atomic E-state index is 10.8. The molecule has 2 aliphatic heterocycles. The fourth-order valence-corrected chi connectivity index (χ4v) is 9.40. The Hall–Kier alpha value is -1.50. The van der Waals surface area contributed by atoms with Crippen molar-refractivity contribution >= 4 is 18.7 Å². The molecule has 0 unspecified atom stereocenters. The summed E-state index contributed by atoms with van der Waals surface area (Å²) < 4.78 is 19.0. The maximum Gasteiger partial charge on any atom is 0.261 e. The molecule has 2 aromatic rings. The predicted octanol–water partition coefficient (Wildman–Crippen LogP) is 2.48. The number of aliphatic hydroxyl groups is 1. The van der Waals surface area contributed by atoms with Gasteiger partial charge in [0.05, 0.1) is 19.3 Å². The first-order valence-corrected chi connectivity index (χ1v) is 11.9. The normalized spacial score (nSPS) is 30.0. The van der Waals surface area contributed by atoms with Crippen LogP contribution in [0.15, 0.2) is 60.7 Å². The minimum Gasteiger partial charge on any atom is -0.404 e. The van der Waals surface area contributed by atoms with Gasteiger partial charge in [-0.15, -0.1) is 0 Å². The van der Waals surface area contributed by atoms with Gasteiger partial charge >= 0.3 is 0 Å². The highest BCUT2D eigenvalue weighted by molar-refractivity contribution is 6.99. The van der Waals surface area contributed by atoms with E-state index in [1.54, 1.807) is 0 Å². The van der Waals surface area contributed by atoms with Crippen LogP contribution < -0.4 is 10.4 Å². The summed E-state index contributed by atoms with van der Waals surface area (Å²) in [7, 11) is -2.67. The van der Waals surface area contributed by atoms with Crippen molar-refractivity contribution in [2.75, 3.05) is 13.2 Å². The lowest BCUT2D eigenvalue weighted by Gasteiger charge is -2.45. The highest BCUT2D eigenvalue weighted by atomic mass is 28.4. The SMILES string of the molecule is C[C@@H]1O[C@H]2CO[C@]1(CO[Si](c1ccccc1)(c1ccccc1)C(C)(C)C)[C@H]2O. The number of hydrogen-bond donors (Lipinski definition) is 1. The van der Waals surface area contributed by atoms with Crippen LogP contribution in [0.1, 0.15) is 27.7 Å². The number of ether oxygens (including phenoxy) is 2. The molecular weight excluding hydrogens is 368 g/mol. The Morgan fingerprint density at radius 3 is 1.96 bits per heavy atom. The minimum atomic E-state index is -2.67. The molecule has 4 rings (SSSR count). The van der Waals surface area contributed by atoms with Gasteiger partial charge < -0.3 is 19.0 Å². The van der Waals surface area contributed by atoms with Crippen molar-refractivity contribution in [3.05, 3.63) is 60.7 Å². The third-order valence-electron chi connectivity index (χ3n) is 6.37. The molecule has 150 valence electrons. The lowest BCUT2D eigenvalue weighted by Crippen LogP contribution is -2.68. The molecule has 0 saturated carbocycles. The predicted molar refractivity (Wildman–Crippen MR) is 113 cm³/mol. The zero-order valence-corrected chi connectivity index (χ0v) is 18.1. The lowest BCUT2D eigenvalue weighted by atomic mass is 9.95. The molecule has 2 heterocycles. The molecule has 0 amide bonds. The second-order valence-corrected chi connectivity index (χ2v) is 13.3. The average Bonchev–Trinajstić information content (AvgIpc) is 3.11.